The summed E-state index contributed by atoms with van der Waals surface area (Å²) in [5.41, 5.74) is 2.65. The predicted molar refractivity (Wildman–Crippen MR) is 53.4 cm³/mol. The van der Waals surface area contributed by atoms with E-state index in [9.17, 15) is 0 Å². The maximum absolute atomic E-state index is 3.01. The minimum Gasteiger partial charge on any atom is -0.0581 e. The summed E-state index contributed by atoms with van der Waals surface area (Å²) in [6, 6.07) is 22.2. The largest absolute Gasteiger partial charge is 0.0581 e. The van der Waals surface area contributed by atoms with Gasteiger partial charge in [-0.05, 0) is 29.7 Å². The van der Waals surface area contributed by atoms with E-state index >= 15 is 0 Å². The first-order chi connectivity index (χ1) is 6.45. The first kappa shape index (κ1) is 8.06. The van der Waals surface area contributed by atoms with Crippen LogP contribution in [-0.4, -0.2) is 0 Å². The van der Waals surface area contributed by atoms with E-state index in [2.05, 4.69) is 36.4 Å². The Morgan fingerprint density at radius 1 is 0.692 bits per heavy atom. The van der Waals surface area contributed by atoms with Gasteiger partial charge in [-0.15, -0.1) is 0 Å². The molecule has 0 bridgehead atoms. The van der Waals surface area contributed by atoms with E-state index in [0.29, 0.717) is 0 Å². The molecule has 0 aliphatic heterocycles. The molecule has 0 aliphatic carbocycles. The molecule has 2 aromatic carbocycles. The van der Waals surface area contributed by atoms with Crippen LogP contribution in [0.2, 0.25) is 0 Å². The van der Waals surface area contributed by atoms with Crippen molar-refractivity contribution in [1.29, 1.82) is 0 Å². The molecule has 0 saturated carbocycles. The monoisotopic (exact) mass is 166 g/mol. The number of hydrogen-bond donors (Lipinski definition) is 0. The third-order valence-electron chi connectivity index (χ3n) is 1.98. The summed E-state index contributed by atoms with van der Waals surface area (Å²) in [6.45, 7) is 0. The van der Waals surface area contributed by atoms with Crippen LogP contribution in [0.3, 0.4) is 0 Å². The van der Waals surface area contributed by atoms with Crippen molar-refractivity contribution < 1.29 is 0 Å². The molecule has 0 heteroatoms. The molecule has 2 rings (SSSR count). The standard InChI is InChI=1S/C13H10/c1-3-7-12(8-4-1)11-13-9-5-2-6-10-13/h3-10H,11H2. The molecule has 0 atom stereocenters. The van der Waals surface area contributed by atoms with Gasteiger partial charge in [-0.1, -0.05) is 48.5 Å². The highest BCUT2D eigenvalue weighted by Crippen LogP contribution is 2.07. The maximum Gasteiger partial charge on any atom is -0.00258 e. The van der Waals surface area contributed by atoms with Crippen LogP contribution in [-0.2, 0) is 6.42 Å². The quantitative estimate of drug-likeness (QED) is 0.643. The van der Waals surface area contributed by atoms with E-state index in [1.165, 1.54) is 11.1 Å². The highest BCUT2D eigenvalue weighted by molar-refractivity contribution is 5.24. The van der Waals surface area contributed by atoms with Crippen LogP contribution in [0, 0.1) is 12.1 Å². The molecule has 0 heterocycles. The Morgan fingerprint density at radius 2 is 1.08 bits per heavy atom. The number of benzene rings is 2. The van der Waals surface area contributed by atoms with Gasteiger partial charge < -0.3 is 0 Å². The van der Waals surface area contributed by atoms with Gasteiger partial charge in [0.15, 0.2) is 0 Å². The Hall–Kier alpha value is -1.56. The Bertz CT molecular complexity index is 311. The van der Waals surface area contributed by atoms with Gasteiger partial charge in [0.2, 0.25) is 0 Å². The first-order valence-electron chi connectivity index (χ1n) is 4.35. The average Bonchev–Trinajstić information content (AvgIpc) is 2.21. The van der Waals surface area contributed by atoms with Crippen LogP contribution < -0.4 is 0 Å². The van der Waals surface area contributed by atoms with Gasteiger partial charge in [0.1, 0.15) is 0 Å². The summed E-state index contributed by atoms with van der Waals surface area (Å²) in [7, 11) is 0. The molecule has 0 unspecified atom stereocenters. The van der Waals surface area contributed by atoms with Crippen LogP contribution in [0.1, 0.15) is 11.1 Å². The van der Waals surface area contributed by atoms with Crippen LogP contribution in [0.5, 0.6) is 0 Å². The van der Waals surface area contributed by atoms with Crippen LogP contribution in [0.15, 0.2) is 48.5 Å². The van der Waals surface area contributed by atoms with Crippen LogP contribution >= 0.6 is 0 Å². The maximum atomic E-state index is 3.01. The summed E-state index contributed by atoms with van der Waals surface area (Å²) in [5.74, 6) is 0. The van der Waals surface area contributed by atoms with Crippen molar-refractivity contribution in [3.05, 3.63) is 71.8 Å². The lowest BCUT2D eigenvalue weighted by Gasteiger charge is -1.99. The van der Waals surface area contributed by atoms with E-state index in [1.54, 1.807) is 0 Å². The van der Waals surface area contributed by atoms with Gasteiger partial charge in [-0.3, -0.25) is 0 Å². The first-order valence-corrected chi connectivity index (χ1v) is 4.35. The highest BCUT2D eigenvalue weighted by atomic mass is 14.0. The fourth-order valence-corrected chi connectivity index (χ4v) is 1.31. The van der Waals surface area contributed by atoms with E-state index in [1.807, 2.05) is 24.3 Å². The molecule has 0 spiro atoms. The Morgan fingerprint density at radius 3 is 1.46 bits per heavy atom. The normalized spacial score (nSPS) is 9.85. The highest BCUT2D eigenvalue weighted by Gasteiger charge is 1.92. The van der Waals surface area contributed by atoms with Crippen molar-refractivity contribution in [1.82, 2.24) is 0 Å². The summed E-state index contributed by atoms with van der Waals surface area (Å²) in [6.07, 6.45) is 0.989. The van der Waals surface area contributed by atoms with Gasteiger partial charge in [0.05, 0.1) is 0 Å². The fourth-order valence-electron chi connectivity index (χ4n) is 1.31. The zero-order valence-electron chi connectivity index (χ0n) is 7.33. The van der Waals surface area contributed by atoms with Gasteiger partial charge in [-0.2, -0.15) is 0 Å². The lowest BCUT2D eigenvalue weighted by Crippen LogP contribution is -1.85. The Balaban J connectivity index is 2.16. The second kappa shape index (κ2) is 3.90. The Kier molecular flexibility index (Phi) is 2.42. The summed E-state index contributed by atoms with van der Waals surface area (Å²) in [4.78, 5) is 0. The molecule has 0 aromatic heterocycles. The second-order valence-electron chi connectivity index (χ2n) is 2.99. The molecule has 0 aliphatic rings. The van der Waals surface area contributed by atoms with Crippen molar-refractivity contribution in [2.75, 3.05) is 0 Å². The smallest absolute Gasteiger partial charge is 0.00258 e. The molecular formula is C13H10. The van der Waals surface area contributed by atoms with E-state index in [-0.39, 0.29) is 0 Å². The van der Waals surface area contributed by atoms with Gasteiger partial charge in [-0.25, -0.2) is 0 Å². The Labute approximate surface area is 78.9 Å². The molecule has 0 nitrogen and oxygen atoms in total. The number of hydrogen-bond acceptors (Lipinski definition) is 0. The van der Waals surface area contributed by atoms with Crippen LogP contribution in [0.4, 0.5) is 0 Å². The summed E-state index contributed by atoms with van der Waals surface area (Å²) in [5, 5.41) is 0. The zero-order chi connectivity index (χ0) is 8.93. The van der Waals surface area contributed by atoms with Gasteiger partial charge >= 0.3 is 0 Å². The summed E-state index contributed by atoms with van der Waals surface area (Å²) >= 11 is 0. The third-order valence-corrected chi connectivity index (χ3v) is 1.98. The molecular weight excluding hydrogens is 156 g/mol. The molecule has 0 fully saturated rings. The molecule has 2 aromatic rings. The molecule has 13 heavy (non-hydrogen) atoms. The average molecular weight is 166 g/mol. The minimum absolute atomic E-state index is 0.989. The SMILES string of the molecule is [c]1ccc(Cc2cc[c]cc2)cc1. The number of rotatable bonds is 2. The lowest BCUT2D eigenvalue weighted by atomic mass is 10.1. The van der Waals surface area contributed by atoms with Crippen LogP contribution in [0.25, 0.3) is 0 Å². The lowest BCUT2D eigenvalue weighted by molar-refractivity contribution is 1.19. The van der Waals surface area contributed by atoms with E-state index in [0.717, 1.165) is 6.42 Å². The fraction of sp³-hybridized carbons (Fsp3) is 0.0769. The molecule has 0 amide bonds. The molecule has 2 radical (unpaired) electrons. The summed E-state index contributed by atoms with van der Waals surface area (Å²) < 4.78 is 0. The molecule has 0 N–H and O–H groups in total. The predicted octanol–water partition coefficient (Wildman–Crippen LogP) is 2.88. The van der Waals surface area contributed by atoms with Crippen molar-refractivity contribution in [3.63, 3.8) is 0 Å². The molecule has 0 saturated heterocycles. The van der Waals surface area contributed by atoms with Gasteiger partial charge in [0.25, 0.3) is 0 Å². The van der Waals surface area contributed by atoms with Crippen molar-refractivity contribution >= 4 is 0 Å². The van der Waals surface area contributed by atoms with Crippen molar-refractivity contribution in [2.45, 2.75) is 6.42 Å². The van der Waals surface area contributed by atoms with E-state index < -0.39 is 0 Å². The minimum atomic E-state index is 0.989. The second-order valence-corrected chi connectivity index (χ2v) is 2.99. The third kappa shape index (κ3) is 2.19. The molecule has 62 valence electrons. The topological polar surface area (TPSA) is 0 Å². The zero-order valence-corrected chi connectivity index (χ0v) is 7.33. The van der Waals surface area contributed by atoms with Crippen molar-refractivity contribution in [3.8, 4) is 0 Å². The van der Waals surface area contributed by atoms with Gasteiger partial charge in [0, 0.05) is 0 Å². The van der Waals surface area contributed by atoms with Crippen molar-refractivity contribution in [2.24, 2.45) is 0 Å². The van der Waals surface area contributed by atoms with E-state index in [4.69, 9.17) is 0 Å².